The molecule has 1 aliphatic carbocycles. The van der Waals surface area contributed by atoms with Crippen LogP contribution in [0.15, 0.2) is 0 Å². The van der Waals surface area contributed by atoms with E-state index in [9.17, 15) is 14.7 Å². The van der Waals surface area contributed by atoms with Crippen LogP contribution in [-0.4, -0.2) is 35.1 Å². The Morgan fingerprint density at radius 2 is 1.71 bits per heavy atom. The van der Waals surface area contributed by atoms with Gasteiger partial charge in [0.25, 0.3) is 0 Å². The van der Waals surface area contributed by atoms with E-state index >= 15 is 0 Å². The molecule has 1 fully saturated rings. The van der Waals surface area contributed by atoms with Crippen molar-refractivity contribution in [3.05, 3.63) is 0 Å². The first-order valence-electron chi connectivity index (χ1n) is 7.85. The molecule has 0 saturated heterocycles. The number of nitrogens with one attached hydrogen (secondary N) is 2. The van der Waals surface area contributed by atoms with Crippen molar-refractivity contribution < 1.29 is 14.7 Å². The van der Waals surface area contributed by atoms with Crippen LogP contribution in [0.25, 0.3) is 0 Å². The van der Waals surface area contributed by atoms with Gasteiger partial charge in [-0.05, 0) is 46.5 Å². The molecule has 3 N–H and O–H groups in total. The second-order valence-corrected chi connectivity index (χ2v) is 7.34. The van der Waals surface area contributed by atoms with Gasteiger partial charge < -0.3 is 15.7 Å². The molecule has 1 saturated carbocycles. The number of aliphatic carboxylic acids is 1. The number of carbonyl (C=O) groups is 2. The van der Waals surface area contributed by atoms with Crippen molar-refractivity contribution in [2.45, 2.75) is 71.9 Å². The van der Waals surface area contributed by atoms with Crippen LogP contribution in [0.5, 0.6) is 0 Å². The molecule has 0 spiro atoms. The third-order valence-corrected chi connectivity index (χ3v) is 5.25. The second kappa shape index (κ2) is 6.77. The smallest absolute Gasteiger partial charge is 0.310 e. The predicted molar refractivity (Wildman–Crippen MR) is 83.1 cm³/mol. The largest absolute Gasteiger partial charge is 0.481 e. The van der Waals surface area contributed by atoms with Crippen molar-refractivity contribution in [3.63, 3.8) is 0 Å². The molecule has 0 aromatic rings. The SMILES string of the molecule is CC1CCCCC1NC(=O)CNC(C)(C)C(C)(C)C(=O)O. The molecular weight excluding hydrogens is 268 g/mol. The molecular formula is C16H30N2O3. The fourth-order valence-electron chi connectivity index (χ4n) is 2.58. The Balaban J connectivity index is 2.50. The average molecular weight is 298 g/mol. The number of amides is 1. The van der Waals surface area contributed by atoms with Crippen LogP contribution in [0.4, 0.5) is 0 Å². The van der Waals surface area contributed by atoms with Crippen molar-refractivity contribution in [3.8, 4) is 0 Å². The minimum absolute atomic E-state index is 0.0528. The highest BCUT2D eigenvalue weighted by atomic mass is 16.4. The molecule has 0 aromatic carbocycles. The van der Waals surface area contributed by atoms with Crippen molar-refractivity contribution in [1.82, 2.24) is 10.6 Å². The summed E-state index contributed by atoms with van der Waals surface area (Å²) in [5.74, 6) is -0.407. The summed E-state index contributed by atoms with van der Waals surface area (Å²) in [6.07, 6.45) is 4.61. The Morgan fingerprint density at radius 3 is 2.24 bits per heavy atom. The first kappa shape index (κ1) is 18.0. The molecule has 1 rings (SSSR count). The fourth-order valence-corrected chi connectivity index (χ4v) is 2.58. The molecule has 1 aliphatic rings. The van der Waals surface area contributed by atoms with E-state index in [4.69, 9.17) is 0 Å². The standard InChI is InChI=1S/C16H30N2O3/c1-11-8-6-7-9-12(11)18-13(19)10-17-16(4,5)15(2,3)14(20)21/h11-12,17H,6-10H2,1-5H3,(H,18,19)(H,20,21). The molecule has 5 heteroatoms. The lowest BCUT2D eigenvalue weighted by molar-refractivity contribution is -0.151. The molecule has 122 valence electrons. The van der Waals surface area contributed by atoms with Gasteiger partial charge in [0, 0.05) is 11.6 Å². The summed E-state index contributed by atoms with van der Waals surface area (Å²) < 4.78 is 0. The monoisotopic (exact) mass is 298 g/mol. The normalized spacial score (nSPS) is 23.7. The van der Waals surface area contributed by atoms with Crippen LogP contribution in [0, 0.1) is 11.3 Å². The van der Waals surface area contributed by atoms with Crippen LogP contribution >= 0.6 is 0 Å². The number of hydrogen-bond acceptors (Lipinski definition) is 3. The summed E-state index contributed by atoms with van der Waals surface area (Å²) in [6, 6.07) is 0.253. The molecule has 0 aromatic heterocycles. The summed E-state index contributed by atoms with van der Waals surface area (Å²) in [4.78, 5) is 23.4. The molecule has 2 unspecified atom stereocenters. The Kier molecular flexibility index (Phi) is 5.79. The minimum Gasteiger partial charge on any atom is -0.481 e. The quantitative estimate of drug-likeness (QED) is 0.702. The highest BCUT2D eigenvalue weighted by Gasteiger charge is 2.43. The van der Waals surface area contributed by atoms with Crippen LogP contribution in [-0.2, 0) is 9.59 Å². The predicted octanol–water partition coefficient (Wildman–Crippen LogP) is 2.16. The van der Waals surface area contributed by atoms with Crippen LogP contribution in [0.2, 0.25) is 0 Å². The zero-order chi connectivity index (χ0) is 16.3. The summed E-state index contributed by atoms with van der Waals surface area (Å²) >= 11 is 0. The van der Waals surface area contributed by atoms with E-state index in [1.165, 1.54) is 12.8 Å². The van der Waals surface area contributed by atoms with Crippen molar-refractivity contribution in [2.24, 2.45) is 11.3 Å². The highest BCUT2D eigenvalue weighted by molar-refractivity contribution is 5.79. The molecule has 21 heavy (non-hydrogen) atoms. The molecule has 0 bridgehead atoms. The number of carboxylic acids is 1. The van der Waals surface area contributed by atoms with E-state index in [2.05, 4.69) is 17.6 Å². The second-order valence-electron chi connectivity index (χ2n) is 7.34. The van der Waals surface area contributed by atoms with Gasteiger partial charge >= 0.3 is 5.97 Å². The van der Waals surface area contributed by atoms with Gasteiger partial charge in [-0.1, -0.05) is 19.8 Å². The van der Waals surface area contributed by atoms with E-state index in [0.717, 1.165) is 12.8 Å². The van der Waals surface area contributed by atoms with Gasteiger partial charge in [-0.3, -0.25) is 9.59 Å². The van der Waals surface area contributed by atoms with Crippen LogP contribution in [0.3, 0.4) is 0 Å². The van der Waals surface area contributed by atoms with E-state index in [0.29, 0.717) is 5.92 Å². The van der Waals surface area contributed by atoms with Gasteiger partial charge in [0.2, 0.25) is 5.91 Å². The van der Waals surface area contributed by atoms with Gasteiger partial charge in [0.15, 0.2) is 0 Å². The Labute approximate surface area is 127 Å². The molecule has 2 atom stereocenters. The maximum absolute atomic E-state index is 12.1. The first-order chi connectivity index (χ1) is 9.58. The third kappa shape index (κ3) is 4.43. The number of hydrogen-bond donors (Lipinski definition) is 3. The average Bonchev–Trinajstić information content (AvgIpc) is 2.39. The summed E-state index contributed by atoms with van der Waals surface area (Å²) in [5.41, 5.74) is -1.63. The molecule has 0 heterocycles. The zero-order valence-electron chi connectivity index (χ0n) is 14.0. The Hall–Kier alpha value is -1.10. The van der Waals surface area contributed by atoms with Gasteiger partial charge in [-0.15, -0.1) is 0 Å². The maximum atomic E-state index is 12.1. The summed E-state index contributed by atoms with van der Waals surface area (Å²) in [6.45, 7) is 9.30. The first-order valence-corrected chi connectivity index (χ1v) is 7.85. The van der Waals surface area contributed by atoms with E-state index in [1.54, 1.807) is 13.8 Å². The van der Waals surface area contributed by atoms with Gasteiger partial charge in [-0.2, -0.15) is 0 Å². The number of rotatable bonds is 6. The topological polar surface area (TPSA) is 78.4 Å². The third-order valence-electron chi connectivity index (χ3n) is 5.25. The molecule has 1 amide bonds. The van der Waals surface area contributed by atoms with Gasteiger partial charge in [-0.25, -0.2) is 0 Å². The number of carboxylic acid groups (broad SMARTS) is 1. The Morgan fingerprint density at radius 1 is 1.14 bits per heavy atom. The maximum Gasteiger partial charge on any atom is 0.310 e. The van der Waals surface area contributed by atoms with E-state index < -0.39 is 16.9 Å². The lowest BCUT2D eigenvalue weighted by Crippen LogP contribution is -2.57. The van der Waals surface area contributed by atoms with Crippen molar-refractivity contribution in [2.75, 3.05) is 6.54 Å². The lowest BCUT2D eigenvalue weighted by Gasteiger charge is -2.39. The highest BCUT2D eigenvalue weighted by Crippen LogP contribution is 2.30. The van der Waals surface area contributed by atoms with E-state index in [-0.39, 0.29) is 18.5 Å². The summed E-state index contributed by atoms with van der Waals surface area (Å²) in [5, 5.41) is 15.5. The molecule has 5 nitrogen and oxygen atoms in total. The lowest BCUT2D eigenvalue weighted by atomic mass is 9.74. The van der Waals surface area contributed by atoms with Gasteiger partial charge in [0.05, 0.1) is 12.0 Å². The summed E-state index contributed by atoms with van der Waals surface area (Å²) in [7, 11) is 0. The fraction of sp³-hybridized carbons (Fsp3) is 0.875. The minimum atomic E-state index is -0.953. The van der Waals surface area contributed by atoms with Crippen molar-refractivity contribution >= 4 is 11.9 Å². The van der Waals surface area contributed by atoms with Gasteiger partial charge in [0.1, 0.15) is 0 Å². The number of carbonyl (C=O) groups excluding carboxylic acids is 1. The Bertz CT molecular complexity index is 391. The molecule has 0 radical (unpaired) electrons. The zero-order valence-corrected chi connectivity index (χ0v) is 14.0. The molecule has 0 aliphatic heterocycles. The van der Waals surface area contributed by atoms with Crippen LogP contribution < -0.4 is 10.6 Å². The van der Waals surface area contributed by atoms with Crippen LogP contribution in [0.1, 0.15) is 60.3 Å². The van der Waals surface area contributed by atoms with Crippen molar-refractivity contribution in [1.29, 1.82) is 0 Å². The van der Waals surface area contributed by atoms with E-state index in [1.807, 2.05) is 13.8 Å².